The summed E-state index contributed by atoms with van der Waals surface area (Å²) in [7, 11) is 0. The number of hydrogen-bond acceptors (Lipinski definition) is 2. The molecule has 0 fully saturated rings. The largest absolute Gasteiger partial charge is 0.573 e. The predicted molar refractivity (Wildman–Crippen MR) is 53.1 cm³/mol. The number of halogens is 3. The zero-order chi connectivity index (χ0) is 12.2. The minimum Gasteiger partial charge on any atom is -0.406 e. The molecule has 1 unspecified atom stereocenters. The molecule has 1 atom stereocenters. The molecular weight excluding hydrogens is 221 g/mol. The molecule has 1 rings (SSSR count). The van der Waals surface area contributed by atoms with E-state index in [-0.39, 0.29) is 18.3 Å². The minimum atomic E-state index is -4.68. The van der Waals surface area contributed by atoms with Crippen LogP contribution in [0.1, 0.15) is 12.5 Å². The van der Waals surface area contributed by atoms with Gasteiger partial charge in [-0.1, -0.05) is 25.1 Å². The first kappa shape index (κ1) is 12.8. The molecule has 1 aromatic rings. The highest BCUT2D eigenvalue weighted by Gasteiger charge is 2.32. The molecule has 2 nitrogen and oxygen atoms in total. The van der Waals surface area contributed by atoms with Gasteiger partial charge < -0.3 is 9.84 Å². The van der Waals surface area contributed by atoms with Gasteiger partial charge in [0.15, 0.2) is 0 Å². The fraction of sp³-hybridized carbons (Fsp3) is 0.455. The van der Waals surface area contributed by atoms with Gasteiger partial charge in [0.2, 0.25) is 0 Å². The molecule has 1 aromatic carbocycles. The van der Waals surface area contributed by atoms with Gasteiger partial charge in [0, 0.05) is 6.61 Å². The molecule has 0 saturated heterocycles. The lowest BCUT2D eigenvalue weighted by Crippen LogP contribution is -2.18. The number of hydrogen-bond donors (Lipinski definition) is 1. The van der Waals surface area contributed by atoms with Crippen molar-refractivity contribution in [3.63, 3.8) is 0 Å². The SMILES string of the molecule is CC(CO)Cc1ccccc1OC(F)(F)F. The molecule has 5 heteroatoms. The standard InChI is InChI=1S/C11H13F3O2/c1-8(7-15)6-9-4-2-3-5-10(9)16-11(12,13)14/h2-5,8,15H,6-7H2,1H3. The summed E-state index contributed by atoms with van der Waals surface area (Å²) in [6.45, 7) is 1.69. The lowest BCUT2D eigenvalue weighted by Gasteiger charge is -2.14. The first-order valence-electron chi connectivity index (χ1n) is 4.87. The Kier molecular flexibility index (Phi) is 4.18. The third-order valence-electron chi connectivity index (χ3n) is 2.08. The van der Waals surface area contributed by atoms with Crippen LogP contribution in [0.25, 0.3) is 0 Å². The molecule has 0 aliphatic rings. The van der Waals surface area contributed by atoms with Crippen molar-refractivity contribution in [3.05, 3.63) is 29.8 Å². The van der Waals surface area contributed by atoms with Crippen LogP contribution in [-0.4, -0.2) is 18.1 Å². The Balaban J connectivity index is 2.83. The highest BCUT2D eigenvalue weighted by molar-refractivity contribution is 5.33. The summed E-state index contributed by atoms with van der Waals surface area (Å²) < 4.78 is 40.1. The molecule has 0 aliphatic carbocycles. The van der Waals surface area contributed by atoms with E-state index in [1.54, 1.807) is 19.1 Å². The molecular formula is C11H13F3O2. The van der Waals surface area contributed by atoms with Crippen molar-refractivity contribution in [2.24, 2.45) is 5.92 Å². The number of rotatable bonds is 4. The first-order valence-corrected chi connectivity index (χ1v) is 4.87. The number of benzene rings is 1. The number of aliphatic hydroxyl groups excluding tert-OH is 1. The van der Waals surface area contributed by atoms with Crippen LogP contribution in [0.3, 0.4) is 0 Å². The number of alkyl halides is 3. The first-order chi connectivity index (χ1) is 7.42. The quantitative estimate of drug-likeness (QED) is 0.868. The van der Waals surface area contributed by atoms with Gasteiger partial charge in [-0.3, -0.25) is 0 Å². The third-order valence-corrected chi connectivity index (χ3v) is 2.08. The van der Waals surface area contributed by atoms with Crippen molar-refractivity contribution < 1.29 is 23.0 Å². The molecule has 0 bridgehead atoms. The van der Waals surface area contributed by atoms with Crippen LogP contribution in [-0.2, 0) is 6.42 Å². The van der Waals surface area contributed by atoms with Gasteiger partial charge >= 0.3 is 6.36 Å². The van der Waals surface area contributed by atoms with Crippen molar-refractivity contribution >= 4 is 0 Å². The molecule has 16 heavy (non-hydrogen) atoms. The van der Waals surface area contributed by atoms with Crippen LogP contribution in [0.2, 0.25) is 0 Å². The highest BCUT2D eigenvalue weighted by Crippen LogP contribution is 2.27. The van der Waals surface area contributed by atoms with E-state index in [2.05, 4.69) is 4.74 Å². The molecule has 90 valence electrons. The van der Waals surface area contributed by atoms with E-state index in [4.69, 9.17) is 5.11 Å². The van der Waals surface area contributed by atoms with Gasteiger partial charge in [-0.15, -0.1) is 13.2 Å². The maximum absolute atomic E-state index is 12.1. The summed E-state index contributed by atoms with van der Waals surface area (Å²) in [5.41, 5.74) is 0.446. The lowest BCUT2D eigenvalue weighted by atomic mass is 10.0. The smallest absolute Gasteiger partial charge is 0.406 e. The summed E-state index contributed by atoms with van der Waals surface area (Å²) in [5.74, 6) is -0.298. The Labute approximate surface area is 91.7 Å². The maximum Gasteiger partial charge on any atom is 0.573 e. The van der Waals surface area contributed by atoms with E-state index in [1.807, 2.05) is 0 Å². The zero-order valence-corrected chi connectivity index (χ0v) is 8.79. The van der Waals surface area contributed by atoms with E-state index < -0.39 is 6.36 Å². The summed E-state index contributed by atoms with van der Waals surface area (Å²) in [4.78, 5) is 0. The molecule has 0 saturated carbocycles. The molecule has 0 spiro atoms. The number of ether oxygens (including phenoxy) is 1. The fourth-order valence-electron chi connectivity index (χ4n) is 1.34. The van der Waals surface area contributed by atoms with Gasteiger partial charge in [0.05, 0.1) is 0 Å². The van der Waals surface area contributed by atoms with E-state index in [0.717, 1.165) is 0 Å². The summed E-state index contributed by atoms with van der Waals surface area (Å²) in [6, 6.07) is 5.96. The average molecular weight is 234 g/mol. The summed E-state index contributed by atoms with van der Waals surface area (Å²) in [5, 5.41) is 8.86. The Morgan fingerprint density at radius 3 is 2.50 bits per heavy atom. The van der Waals surface area contributed by atoms with Gasteiger partial charge in [-0.2, -0.15) is 0 Å². The van der Waals surface area contributed by atoms with Gasteiger partial charge in [-0.05, 0) is 24.0 Å². The van der Waals surface area contributed by atoms with Gasteiger partial charge in [0.1, 0.15) is 5.75 Å². The maximum atomic E-state index is 12.1. The molecule has 0 aliphatic heterocycles. The van der Waals surface area contributed by atoms with Crippen molar-refractivity contribution in [1.29, 1.82) is 0 Å². The van der Waals surface area contributed by atoms with Gasteiger partial charge in [0.25, 0.3) is 0 Å². The van der Waals surface area contributed by atoms with Crippen LogP contribution < -0.4 is 4.74 Å². The molecule has 0 heterocycles. The Morgan fingerprint density at radius 2 is 1.94 bits per heavy atom. The average Bonchev–Trinajstić information content (AvgIpc) is 2.18. The van der Waals surface area contributed by atoms with E-state index in [1.165, 1.54) is 12.1 Å². The fourth-order valence-corrected chi connectivity index (χ4v) is 1.34. The Bertz CT molecular complexity index is 336. The van der Waals surface area contributed by atoms with Crippen molar-refractivity contribution in [2.75, 3.05) is 6.61 Å². The lowest BCUT2D eigenvalue weighted by molar-refractivity contribution is -0.274. The molecule has 1 N–H and O–H groups in total. The van der Waals surface area contributed by atoms with Crippen molar-refractivity contribution in [2.45, 2.75) is 19.7 Å². The van der Waals surface area contributed by atoms with E-state index in [0.29, 0.717) is 12.0 Å². The van der Waals surface area contributed by atoms with Crippen LogP contribution in [0, 0.1) is 5.92 Å². The van der Waals surface area contributed by atoms with Crippen LogP contribution in [0.4, 0.5) is 13.2 Å². The third kappa shape index (κ3) is 4.10. The minimum absolute atomic E-state index is 0.0691. The molecule has 0 radical (unpaired) electrons. The second-order valence-corrected chi connectivity index (χ2v) is 3.65. The monoisotopic (exact) mass is 234 g/mol. The van der Waals surface area contributed by atoms with Crippen LogP contribution >= 0.6 is 0 Å². The van der Waals surface area contributed by atoms with Crippen LogP contribution in [0.5, 0.6) is 5.75 Å². The second kappa shape index (κ2) is 5.21. The van der Waals surface area contributed by atoms with E-state index >= 15 is 0 Å². The molecule has 0 aromatic heterocycles. The topological polar surface area (TPSA) is 29.5 Å². The van der Waals surface area contributed by atoms with Crippen molar-refractivity contribution in [3.8, 4) is 5.75 Å². The Morgan fingerprint density at radius 1 is 1.31 bits per heavy atom. The highest BCUT2D eigenvalue weighted by atomic mass is 19.4. The summed E-state index contributed by atoms with van der Waals surface area (Å²) in [6.07, 6.45) is -4.33. The van der Waals surface area contributed by atoms with Gasteiger partial charge in [-0.25, -0.2) is 0 Å². The molecule has 0 amide bonds. The van der Waals surface area contributed by atoms with Crippen molar-refractivity contribution in [1.82, 2.24) is 0 Å². The Hall–Kier alpha value is -1.23. The second-order valence-electron chi connectivity index (χ2n) is 3.65. The predicted octanol–water partition coefficient (Wildman–Crippen LogP) is 2.76. The normalized spacial score (nSPS) is 13.6. The van der Waals surface area contributed by atoms with Crippen LogP contribution in [0.15, 0.2) is 24.3 Å². The van der Waals surface area contributed by atoms with E-state index in [9.17, 15) is 13.2 Å². The summed E-state index contributed by atoms with van der Waals surface area (Å²) >= 11 is 0. The number of aliphatic hydroxyl groups is 1. The zero-order valence-electron chi connectivity index (χ0n) is 8.79. The number of para-hydroxylation sites is 1.